The van der Waals surface area contributed by atoms with Crippen LogP contribution in [0.25, 0.3) is 11.3 Å². The Hall–Kier alpha value is -2.14. The van der Waals surface area contributed by atoms with E-state index in [1.54, 1.807) is 13.8 Å². The molecule has 0 aliphatic rings. The van der Waals surface area contributed by atoms with Crippen LogP contribution in [-0.4, -0.2) is 26.9 Å². The van der Waals surface area contributed by atoms with E-state index in [0.717, 1.165) is 11.1 Å². The molecule has 2 rings (SSSR count). The molecule has 0 fully saturated rings. The van der Waals surface area contributed by atoms with Crippen LogP contribution in [0, 0.1) is 0 Å². The molecule has 0 aliphatic heterocycles. The number of hydrogen-bond acceptors (Lipinski definition) is 4. The Morgan fingerprint density at radius 1 is 1.32 bits per heavy atom. The SMILES string of the molecule is CC(C)(O)Cc1ccc(-c2cc(C(=O)O)no2)cc1. The van der Waals surface area contributed by atoms with Gasteiger partial charge in [0.05, 0.1) is 5.60 Å². The van der Waals surface area contributed by atoms with Crippen molar-refractivity contribution in [1.82, 2.24) is 5.16 Å². The van der Waals surface area contributed by atoms with Crippen LogP contribution < -0.4 is 0 Å². The van der Waals surface area contributed by atoms with Gasteiger partial charge in [-0.2, -0.15) is 0 Å². The van der Waals surface area contributed by atoms with Gasteiger partial charge in [-0.25, -0.2) is 4.79 Å². The molecule has 100 valence electrons. The van der Waals surface area contributed by atoms with Gasteiger partial charge in [0.15, 0.2) is 11.5 Å². The Bertz CT molecular complexity index is 578. The first kappa shape index (κ1) is 13.3. The van der Waals surface area contributed by atoms with Gasteiger partial charge < -0.3 is 14.7 Å². The summed E-state index contributed by atoms with van der Waals surface area (Å²) in [5, 5.41) is 22.0. The summed E-state index contributed by atoms with van der Waals surface area (Å²) in [6, 6.07) is 8.75. The molecule has 0 bridgehead atoms. The largest absolute Gasteiger partial charge is 0.476 e. The summed E-state index contributed by atoms with van der Waals surface area (Å²) in [5.41, 5.74) is 0.869. The van der Waals surface area contributed by atoms with E-state index in [1.807, 2.05) is 24.3 Å². The standard InChI is InChI=1S/C14H15NO4/c1-14(2,18)8-9-3-5-10(6-4-9)12-7-11(13(16)17)15-19-12/h3-7,18H,8H2,1-2H3,(H,16,17). The minimum absolute atomic E-state index is 0.115. The molecule has 0 saturated carbocycles. The smallest absolute Gasteiger partial charge is 0.358 e. The second kappa shape index (κ2) is 4.85. The minimum atomic E-state index is -1.12. The molecule has 19 heavy (non-hydrogen) atoms. The highest BCUT2D eigenvalue weighted by Gasteiger charge is 2.15. The van der Waals surface area contributed by atoms with Crippen LogP contribution in [0.4, 0.5) is 0 Å². The topological polar surface area (TPSA) is 83.6 Å². The van der Waals surface area contributed by atoms with Crippen molar-refractivity contribution in [2.45, 2.75) is 25.9 Å². The summed E-state index contributed by atoms with van der Waals surface area (Å²) in [7, 11) is 0. The molecule has 0 aliphatic carbocycles. The van der Waals surface area contributed by atoms with Crippen molar-refractivity contribution >= 4 is 5.97 Å². The first-order valence-corrected chi connectivity index (χ1v) is 5.87. The Kier molecular flexibility index (Phi) is 3.40. The molecule has 1 aromatic heterocycles. The van der Waals surface area contributed by atoms with Gasteiger partial charge in [0.2, 0.25) is 0 Å². The number of hydrogen-bond donors (Lipinski definition) is 2. The summed E-state index contributed by atoms with van der Waals surface area (Å²) in [4.78, 5) is 10.7. The molecule has 1 aromatic carbocycles. The molecule has 2 aromatic rings. The molecule has 0 unspecified atom stereocenters. The van der Waals surface area contributed by atoms with Crippen LogP contribution in [-0.2, 0) is 6.42 Å². The summed E-state index contributed by atoms with van der Waals surface area (Å²) >= 11 is 0. The average molecular weight is 261 g/mol. The lowest BCUT2D eigenvalue weighted by Crippen LogP contribution is -2.21. The Morgan fingerprint density at radius 2 is 1.95 bits per heavy atom. The number of nitrogens with zero attached hydrogens (tertiary/aromatic N) is 1. The third-order valence-electron chi connectivity index (χ3n) is 2.60. The van der Waals surface area contributed by atoms with Gasteiger partial charge in [-0.15, -0.1) is 0 Å². The van der Waals surface area contributed by atoms with Crippen molar-refractivity contribution in [3.63, 3.8) is 0 Å². The lowest BCUT2D eigenvalue weighted by atomic mass is 9.97. The second-order valence-corrected chi connectivity index (χ2v) is 5.07. The van der Waals surface area contributed by atoms with Gasteiger partial charge in [0.1, 0.15) is 0 Å². The maximum absolute atomic E-state index is 10.7. The number of benzene rings is 1. The highest BCUT2D eigenvalue weighted by Crippen LogP contribution is 2.22. The summed E-state index contributed by atoms with van der Waals surface area (Å²) in [6.45, 7) is 3.49. The maximum atomic E-state index is 10.7. The molecule has 2 N–H and O–H groups in total. The quantitative estimate of drug-likeness (QED) is 0.882. The van der Waals surface area contributed by atoms with Crippen molar-refractivity contribution in [1.29, 1.82) is 0 Å². The van der Waals surface area contributed by atoms with Crippen LogP contribution >= 0.6 is 0 Å². The molecular formula is C14H15NO4. The number of carboxylic acid groups (broad SMARTS) is 1. The van der Waals surface area contributed by atoms with Gasteiger partial charge >= 0.3 is 5.97 Å². The Morgan fingerprint density at radius 3 is 2.42 bits per heavy atom. The third-order valence-corrected chi connectivity index (χ3v) is 2.60. The van der Waals surface area contributed by atoms with Crippen LogP contribution in [0.2, 0.25) is 0 Å². The third kappa shape index (κ3) is 3.42. The normalized spacial score (nSPS) is 11.5. The van der Waals surface area contributed by atoms with Crippen molar-refractivity contribution < 1.29 is 19.5 Å². The van der Waals surface area contributed by atoms with Crippen molar-refractivity contribution in [2.75, 3.05) is 0 Å². The lowest BCUT2D eigenvalue weighted by molar-refractivity contribution is 0.0685. The maximum Gasteiger partial charge on any atom is 0.358 e. The predicted octanol–water partition coefficient (Wildman–Crippen LogP) is 2.35. The molecule has 1 heterocycles. The minimum Gasteiger partial charge on any atom is -0.476 e. The Balaban J connectivity index is 2.20. The van der Waals surface area contributed by atoms with Gasteiger partial charge in [-0.3, -0.25) is 0 Å². The number of aromatic nitrogens is 1. The molecule has 0 radical (unpaired) electrons. The van der Waals surface area contributed by atoms with E-state index < -0.39 is 11.6 Å². The highest BCUT2D eigenvalue weighted by molar-refractivity contribution is 5.86. The van der Waals surface area contributed by atoms with Crippen LogP contribution in [0.1, 0.15) is 29.9 Å². The number of carbonyl (C=O) groups is 1. The van der Waals surface area contributed by atoms with Crippen LogP contribution in [0.3, 0.4) is 0 Å². The van der Waals surface area contributed by atoms with E-state index in [9.17, 15) is 9.90 Å². The van der Waals surface area contributed by atoms with Crippen molar-refractivity contribution in [3.05, 3.63) is 41.6 Å². The summed E-state index contributed by atoms with van der Waals surface area (Å²) in [5.74, 6) is -0.708. The summed E-state index contributed by atoms with van der Waals surface area (Å²) in [6.07, 6.45) is 0.546. The zero-order valence-electron chi connectivity index (χ0n) is 10.8. The predicted molar refractivity (Wildman–Crippen MR) is 68.9 cm³/mol. The van der Waals surface area contributed by atoms with E-state index in [0.29, 0.717) is 12.2 Å². The number of aliphatic hydroxyl groups is 1. The molecule has 0 spiro atoms. The first-order chi connectivity index (χ1) is 8.85. The van der Waals surface area contributed by atoms with Gasteiger partial charge in [-0.1, -0.05) is 29.4 Å². The lowest BCUT2D eigenvalue weighted by Gasteiger charge is -2.16. The monoisotopic (exact) mass is 261 g/mol. The molecule has 0 amide bonds. The zero-order valence-corrected chi connectivity index (χ0v) is 10.8. The van der Waals surface area contributed by atoms with Gasteiger partial charge in [-0.05, 0) is 19.4 Å². The second-order valence-electron chi connectivity index (χ2n) is 5.07. The fourth-order valence-electron chi connectivity index (χ4n) is 1.80. The van der Waals surface area contributed by atoms with Crippen molar-refractivity contribution in [3.8, 4) is 11.3 Å². The molecular weight excluding hydrogens is 246 g/mol. The number of aromatic carboxylic acids is 1. The van der Waals surface area contributed by atoms with E-state index >= 15 is 0 Å². The van der Waals surface area contributed by atoms with E-state index in [2.05, 4.69) is 5.16 Å². The number of rotatable bonds is 4. The fourth-order valence-corrected chi connectivity index (χ4v) is 1.80. The average Bonchev–Trinajstić information content (AvgIpc) is 2.77. The fraction of sp³-hybridized carbons (Fsp3) is 0.286. The molecule has 0 saturated heterocycles. The van der Waals surface area contributed by atoms with Gasteiger partial charge in [0.25, 0.3) is 0 Å². The molecule has 5 heteroatoms. The molecule has 5 nitrogen and oxygen atoms in total. The molecule has 0 atom stereocenters. The van der Waals surface area contributed by atoms with E-state index in [4.69, 9.17) is 9.63 Å². The van der Waals surface area contributed by atoms with Crippen LogP contribution in [0.5, 0.6) is 0 Å². The summed E-state index contributed by atoms with van der Waals surface area (Å²) < 4.78 is 4.97. The Labute approximate surface area is 110 Å². The number of carboxylic acids is 1. The highest BCUT2D eigenvalue weighted by atomic mass is 16.5. The van der Waals surface area contributed by atoms with E-state index in [1.165, 1.54) is 6.07 Å². The van der Waals surface area contributed by atoms with Gasteiger partial charge in [0, 0.05) is 18.1 Å². The van der Waals surface area contributed by atoms with Crippen molar-refractivity contribution in [2.24, 2.45) is 0 Å². The first-order valence-electron chi connectivity index (χ1n) is 5.87. The zero-order chi connectivity index (χ0) is 14.0. The van der Waals surface area contributed by atoms with Crippen LogP contribution in [0.15, 0.2) is 34.9 Å². The van der Waals surface area contributed by atoms with E-state index in [-0.39, 0.29) is 5.69 Å².